The summed E-state index contributed by atoms with van der Waals surface area (Å²) in [6.07, 6.45) is 0. The van der Waals surface area contributed by atoms with Crippen LogP contribution in [0.15, 0.2) is 74.3 Å². The molecule has 29 heavy (non-hydrogen) atoms. The number of carbonyl (C=O) groups excluding carboxylic acids is 1. The summed E-state index contributed by atoms with van der Waals surface area (Å²) in [6, 6.07) is 16.2. The van der Waals surface area contributed by atoms with Crippen molar-refractivity contribution in [1.29, 1.82) is 0 Å². The zero-order valence-corrected chi connectivity index (χ0v) is 17.1. The Hall–Kier alpha value is -2.97. The van der Waals surface area contributed by atoms with Gasteiger partial charge in [-0.3, -0.25) is 0 Å². The number of hydrogen-bond acceptors (Lipinski definition) is 6. The fourth-order valence-electron chi connectivity index (χ4n) is 2.75. The summed E-state index contributed by atoms with van der Waals surface area (Å²) in [5.41, 5.74) is 1.71. The first kappa shape index (κ1) is 19.4. The molecule has 0 bridgehead atoms. The molecule has 0 amide bonds. The van der Waals surface area contributed by atoms with E-state index in [4.69, 9.17) is 13.9 Å². The summed E-state index contributed by atoms with van der Waals surface area (Å²) in [6.45, 7) is -0.472. The third kappa shape index (κ3) is 4.23. The summed E-state index contributed by atoms with van der Waals surface area (Å²) in [5, 5.41) is 0. The Morgan fingerprint density at radius 3 is 2.55 bits per heavy atom. The maximum atomic E-state index is 13.6. The molecule has 3 aromatic carbocycles. The van der Waals surface area contributed by atoms with E-state index in [1.807, 2.05) is 24.3 Å². The molecular formula is C21H12BrFO5S. The van der Waals surface area contributed by atoms with E-state index in [1.54, 1.807) is 18.2 Å². The number of ether oxygens (including phenoxy) is 2. The topological polar surface area (TPSA) is 65.7 Å². The molecule has 0 spiro atoms. The molecule has 8 heteroatoms. The van der Waals surface area contributed by atoms with Crippen LogP contribution in [0.1, 0.15) is 0 Å². The van der Waals surface area contributed by atoms with Gasteiger partial charge >= 0.3 is 10.9 Å². The number of fused-ring (bicyclic) bond motifs is 1. The molecule has 0 aliphatic rings. The molecule has 5 nitrogen and oxygen atoms in total. The van der Waals surface area contributed by atoms with Gasteiger partial charge in [-0.25, -0.2) is 14.0 Å². The first-order valence-corrected chi connectivity index (χ1v) is 10.0. The zero-order valence-electron chi connectivity index (χ0n) is 14.7. The summed E-state index contributed by atoms with van der Waals surface area (Å²) >= 11 is 4.31. The van der Waals surface area contributed by atoms with Crippen LogP contribution in [0.5, 0.6) is 11.5 Å². The molecule has 0 saturated carbocycles. The molecule has 146 valence electrons. The number of hydrogen-bond donors (Lipinski definition) is 0. The molecule has 0 atom stereocenters. The predicted octanol–water partition coefficient (Wildman–Crippen LogP) is 5.41. The smallest absolute Gasteiger partial charge is 0.396 e. The van der Waals surface area contributed by atoms with Gasteiger partial charge < -0.3 is 13.9 Å². The highest BCUT2D eigenvalue weighted by Crippen LogP contribution is 2.39. The molecule has 0 aliphatic carbocycles. The van der Waals surface area contributed by atoms with Crippen LogP contribution in [0.2, 0.25) is 0 Å². The third-order valence-electron chi connectivity index (χ3n) is 4.00. The quantitative estimate of drug-likeness (QED) is 0.286. The van der Waals surface area contributed by atoms with E-state index in [-0.39, 0.29) is 11.5 Å². The van der Waals surface area contributed by atoms with Crippen molar-refractivity contribution in [1.82, 2.24) is 0 Å². The van der Waals surface area contributed by atoms with Crippen molar-refractivity contribution >= 4 is 43.5 Å². The number of halogens is 2. The average Bonchev–Trinajstić information content (AvgIpc) is 3.08. The van der Waals surface area contributed by atoms with Crippen molar-refractivity contribution in [3.05, 3.63) is 80.7 Å². The summed E-state index contributed by atoms with van der Waals surface area (Å²) < 4.78 is 30.9. The molecule has 1 heterocycles. The molecule has 0 unspecified atom stereocenters. The molecule has 0 N–H and O–H groups in total. The minimum atomic E-state index is -0.707. The van der Waals surface area contributed by atoms with E-state index in [1.165, 1.54) is 18.2 Å². The van der Waals surface area contributed by atoms with Gasteiger partial charge in [0.15, 0.2) is 18.2 Å². The SMILES string of the molecule is O=C(COc1ccccc1F)Oc1ccc2oc(=O)sc2c1-c1ccc(Br)cc1. The highest BCUT2D eigenvalue weighted by molar-refractivity contribution is 9.10. The Balaban J connectivity index is 1.65. The van der Waals surface area contributed by atoms with Crippen LogP contribution >= 0.6 is 27.3 Å². The van der Waals surface area contributed by atoms with Crippen molar-refractivity contribution in [2.75, 3.05) is 6.61 Å². The standard InChI is InChI=1S/C21H12BrFO5S/c22-13-7-5-12(6-8-13)19-16(9-10-17-20(19)29-21(25)28-17)27-18(24)11-26-15-4-2-1-3-14(15)23/h1-10H,11H2. The molecule has 4 aromatic rings. The van der Waals surface area contributed by atoms with Crippen LogP contribution in [-0.2, 0) is 4.79 Å². The first-order valence-electron chi connectivity index (χ1n) is 8.42. The van der Waals surface area contributed by atoms with Gasteiger partial charge in [0, 0.05) is 10.0 Å². The fourth-order valence-corrected chi connectivity index (χ4v) is 3.84. The second-order valence-electron chi connectivity index (χ2n) is 5.92. The van der Waals surface area contributed by atoms with Gasteiger partial charge in [-0.1, -0.05) is 51.5 Å². The molecule has 0 radical (unpaired) electrons. The minimum absolute atomic E-state index is 0.0407. The predicted molar refractivity (Wildman–Crippen MR) is 111 cm³/mol. The lowest BCUT2D eigenvalue weighted by atomic mass is 10.0. The van der Waals surface area contributed by atoms with Crippen molar-refractivity contribution in [3.63, 3.8) is 0 Å². The largest absolute Gasteiger partial charge is 0.479 e. The van der Waals surface area contributed by atoms with E-state index in [0.29, 0.717) is 15.8 Å². The lowest BCUT2D eigenvalue weighted by Crippen LogP contribution is -2.18. The lowest BCUT2D eigenvalue weighted by Gasteiger charge is -2.12. The van der Waals surface area contributed by atoms with Gasteiger partial charge in [0.25, 0.3) is 0 Å². The zero-order chi connectivity index (χ0) is 20.4. The van der Waals surface area contributed by atoms with Crippen LogP contribution in [0.25, 0.3) is 21.4 Å². The van der Waals surface area contributed by atoms with Gasteiger partial charge in [0.2, 0.25) is 0 Å². The van der Waals surface area contributed by atoms with Gasteiger partial charge in [-0.2, -0.15) is 0 Å². The number of para-hydroxylation sites is 1. The maximum absolute atomic E-state index is 13.6. The van der Waals surface area contributed by atoms with Crippen LogP contribution in [0.4, 0.5) is 4.39 Å². The summed E-state index contributed by atoms with van der Waals surface area (Å²) in [7, 11) is 0. The Kier molecular flexibility index (Phi) is 5.46. The van der Waals surface area contributed by atoms with Crippen LogP contribution < -0.4 is 14.4 Å². The molecule has 0 fully saturated rings. The van der Waals surface area contributed by atoms with Gasteiger partial charge in [-0.15, -0.1) is 0 Å². The van der Waals surface area contributed by atoms with E-state index in [9.17, 15) is 14.0 Å². The Bertz CT molecular complexity index is 1250. The van der Waals surface area contributed by atoms with Gasteiger partial charge in [0.05, 0.1) is 4.70 Å². The van der Waals surface area contributed by atoms with Crippen molar-refractivity contribution in [2.45, 2.75) is 0 Å². The minimum Gasteiger partial charge on any atom is -0.479 e. The molecule has 0 saturated heterocycles. The summed E-state index contributed by atoms with van der Waals surface area (Å²) in [4.78, 5) is 23.6. The first-order chi connectivity index (χ1) is 14.0. The second kappa shape index (κ2) is 8.18. The van der Waals surface area contributed by atoms with E-state index in [2.05, 4.69) is 15.9 Å². The van der Waals surface area contributed by atoms with Crippen molar-refractivity contribution < 1.29 is 23.1 Å². The monoisotopic (exact) mass is 474 g/mol. The van der Waals surface area contributed by atoms with E-state index >= 15 is 0 Å². The highest BCUT2D eigenvalue weighted by atomic mass is 79.9. The number of carbonyl (C=O) groups is 1. The molecular weight excluding hydrogens is 463 g/mol. The third-order valence-corrected chi connectivity index (χ3v) is 5.39. The normalized spacial score (nSPS) is 10.8. The average molecular weight is 475 g/mol. The number of esters is 1. The molecule has 1 aromatic heterocycles. The van der Waals surface area contributed by atoms with Crippen molar-refractivity contribution in [2.24, 2.45) is 0 Å². The molecule has 0 aliphatic heterocycles. The lowest BCUT2D eigenvalue weighted by molar-refractivity contribution is -0.136. The molecule has 4 rings (SSSR count). The Morgan fingerprint density at radius 2 is 1.79 bits per heavy atom. The van der Waals surface area contributed by atoms with E-state index < -0.39 is 23.3 Å². The number of rotatable bonds is 5. The fraction of sp³-hybridized carbons (Fsp3) is 0.0476. The Morgan fingerprint density at radius 1 is 1.03 bits per heavy atom. The summed E-state index contributed by atoms with van der Waals surface area (Å²) in [5.74, 6) is -1.07. The maximum Gasteiger partial charge on any atom is 0.396 e. The van der Waals surface area contributed by atoms with Crippen LogP contribution in [0.3, 0.4) is 0 Å². The van der Waals surface area contributed by atoms with E-state index in [0.717, 1.165) is 21.4 Å². The highest BCUT2D eigenvalue weighted by Gasteiger charge is 2.18. The van der Waals surface area contributed by atoms with Gasteiger partial charge in [0.1, 0.15) is 11.3 Å². The number of benzene rings is 3. The van der Waals surface area contributed by atoms with Crippen molar-refractivity contribution in [3.8, 4) is 22.6 Å². The van der Waals surface area contributed by atoms with Crippen LogP contribution in [0, 0.1) is 5.82 Å². The Labute approximate surface area is 176 Å². The van der Waals surface area contributed by atoms with Gasteiger partial charge in [-0.05, 0) is 42.0 Å². The second-order valence-corrected chi connectivity index (χ2v) is 7.78. The van der Waals surface area contributed by atoms with Crippen LogP contribution in [-0.4, -0.2) is 12.6 Å².